The Bertz CT molecular complexity index is 1420. The van der Waals surface area contributed by atoms with Gasteiger partial charge in [-0.25, -0.2) is 13.2 Å². The monoisotopic (exact) mass is 588 g/mol. The smallest absolute Gasteiger partial charge is 0.415 e. The fraction of sp³-hybridized carbons (Fsp3) is 0.483. The van der Waals surface area contributed by atoms with E-state index in [1.807, 2.05) is 20.8 Å². The number of carbonyl (C=O) groups is 1. The van der Waals surface area contributed by atoms with E-state index in [1.54, 1.807) is 56.3 Å². The molecular weight excluding hydrogens is 552 g/mol. The molecule has 222 valence electrons. The summed E-state index contributed by atoms with van der Waals surface area (Å²) in [6, 6.07) is 9.01. The third kappa shape index (κ3) is 5.67. The fourth-order valence-corrected chi connectivity index (χ4v) is 6.84. The van der Waals surface area contributed by atoms with Gasteiger partial charge in [-0.05, 0) is 58.9 Å². The second-order valence-electron chi connectivity index (χ2n) is 10.6. The molecule has 0 radical (unpaired) electrons. The molecule has 11 nitrogen and oxygen atoms in total. The van der Waals surface area contributed by atoms with Crippen LogP contribution < -0.4 is 14.2 Å². The lowest BCUT2D eigenvalue weighted by molar-refractivity contribution is -0.153. The van der Waals surface area contributed by atoms with E-state index in [1.165, 1.54) is 15.3 Å². The Morgan fingerprint density at radius 2 is 1.71 bits per heavy atom. The van der Waals surface area contributed by atoms with Gasteiger partial charge in [0.05, 0.1) is 10.9 Å². The van der Waals surface area contributed by atoms with Crippen LogP contribution in [0.3, 0.4) is 0 Å². The van der Waals surface area contributed by atoms with E-state index in [0.29, 0.717) is 24.4 Å². The average molecular weight is 589 g/mol. The predicted molar refractivity (Wildman–Crippen MR) is 148 cm³/mol. The van der Waals surface area contributed by atoms with Crippen LogP contribution in [-0.2, 0) is 26.0 Å². The Morgan fingerprint density at radius 3 is 2.39 bits per heavy atom. The lowest BCUT2D eigenvalue weighted by Gasteiger charge is -2.37. The molecule has 0 bridgehead atoms. The second kappa shape index (κ2) is 11.3. The molecule has 0 unspecified atom stereocenters. The zero-order chi connectivity index (χ0) is 29.5. The molecule has 2 aliphatic heterocycles. The van der Waals surface area contributed by atoms with Crippen molar-refractivity contribution in [2.24, 2.45) is 0 Å². The van der Waals surface area contributed by atoms with Gasteiger partial charge in [0, 0.05) is 25.2 Å². The summed E-state index contributed by atoms with van der Waals surface area (Å²) in [5.74, 6) is -0.339. The fourth-order valence-electron chi connectivity index (χ4n) is 5.27. The summed E-state index contributed by atoms with van der Waals surface area (Å²) in [4.78, 5) is 14.6. The summed E-state index contributed by atoms with van der Waals surface area (Å²) in [7, 11) is -4.15. The number of hydrogen-bond donors (Lipinski definition) is 1. The Hall–Kier alpha value is -3.16. The first-order chi connectivity index (χ1) is 19.4. The van der Waals surface area contributed by atoms with Crippen molar-refractivity contribution in [3.63, 3.8) is 0 Å². The van der Waals surface area contributed by atoms with Crippen LogP contribution in [0.25, 0.3) is 0 Å². The van der Waals surface area contributed by atoms with E-state index in [0.717, 1.165) is 5.56 Å². The van der Waals surface area contributed by atoms with Crippen LogP contribution in [0.5, 0.6) is 17.2 Å². The molecular formula is C29H36N2O9S. The molecule has 4 atom stereocenters. The van der Waals surface area contributed by atoms with Crippen molar-refractivity contribution in [2.75, 3.05) is 19.9 Å². The van der Waals surface area contributed by atoms with Crippen LogP contribution in [0.1, 0.15) is 38.8 Å². The van der Waals surface area contributed by atoms with Crippen LogP contribution in [0.4, 0.5) is 4.79 Å². The first-order valence-electron chi connectivity index (χ1n) is 13.6. The van der Waals surface area contributed by atoms with E-state index in [-0.39, 0.29) is 29.7 Å². The van der Waals surface area contributed by atoms with Crippen molar-refractivity contribution in [3.05, 3.63) is 59.7 Å². The van der Waals surface area contributed by atoms with Crippen LogP contribution in [-0.4, -0.2) is 78.8 Å². The van der Waals surface area contributed by atoms with Crippen molar-refractivity contribution < 1.29 is 42.0 Å². The molecule has 2 aromatic rings. The third-order valence-electron chi connectivity index (χ3n) is 7.41. The molecule has 1 saturated heterocycles. The van der Waals surface area contributed by atoms with Crippen LogP contribution in [0, 0.1) is 6.92 Å². The number of sulfonamides is 1. The van der Waals surface area contributed by atoms with Gasteiger partial charge in [-0.1, -0.05) is 29.8 Å². The largest absolute Gasteiger partial charge is 0.453 e. The van der Waals surface area contributed by atoms with Gasteiger partial charge >= 0.3 is 6.09 Å². The van der Waals surface area contributed by atoms with Crippen molar-refractivity contribution in [1.29, 1.82) is 0 Å². The van der Waals surface area contributed by atoms with E-state index in [4.69, 9.17) is 23.7 Å². The lowest BCUT2D eigenvalue weighted by atomic mass is 9.94. The maximum atomic E-state index is 14.3. The highest BCUT2D eigenvalue weighted by Crippen LogP contribution is 2.45. The number of benzene rings is 2. The Kier molecular flexibility index (Phi) is 8.05. The highest BCUT2D eigenvalue weighted by atomic mass is 32.2. The summed E-state index contributed by atoms with van der Waals surface area (Å²) < 4.78 is 59.0. The summed E-state index contributed by atoms with van der Waals surface area (Å²) in [5, 5.41) is 10.6. The number of aliphatic hydroxyl groups is 1. The Labute approximate surface area is 240 Å². The van der Waals surface area contributed by atoms with Crippen LogP contribution in [0.15, 0.2) is 53.4 Å². The van der Waals surface area contributed by atoms with E-state index < -0.39 is 46.3 Å². The molecule has 1 fully saturated rings. The zero-order valence-electron chi connectivity index (χ0n) is 23.8. The van der Waals surface area contributed by atoms with Crippen molar-refractivity contribution >= 4 is 16.1 Å². The molecule has 0 saturated carbocycles. The van der Waals surface area contributed by atoms with Gasteiger partial charge in [-0.15, -0.1) is 0 Å². The average Bonchev–Trinajstić information content (AvgIpc) is 3.54. The molecule has 0 aromatic heterocycles. The number of fused-ring (bicyclic) bond motifs is 2. The number of nitrogens with zero attached hydrogens (tertiary/aromatic N) is 2. The van der Waals surface area contributed by atoms with Crippen molar-refractivity contribution in [3.8, 4) is 17.2 Å². The first kappa shape index (κ1) is 29.3. The minimum atomic E-state index is -4.15. The highest BCUT2D eigenvalue weighted by molar-refractivity contribution is 7.89. The number of ether oxygens (including phenoxy) is 5. The number of aryl methyl sites for hydroxylation is 1. The molecule has 41 heavy (non-hydrogen) atoms. The van der Waals surface area contributed by atoms with Gasteiger partial charge in [0.15, 0.2) is 17.3 Å². The topological polar surface area (TPSA) is 124 Å². The molecule has 12 heteroatoms. The number of carbonyl (C=O) groups excluding carboxylic acids is 1. The van der Waals surface area contributed by atoms with Crippen LogP contribution >= 0.6 is 0 Å². The van der Waals surface area contributed by atoms with Gasteiger partial charge in [0.2, 0.25) is 22.6 Å². The summed E-state index contributed by atoms with van der Waals surface area (Å²) in [6.45, 7) is 9.57. The SMILES string of the molecule is CCN(CC)C(=O)Oc1c(CN([C@@H]2C=C[C@H](O)[C@H]3OC(C)(C)O[C@H]32)S(=O)(=O)c2ccc(C)cc2)ccc2c1OCO2. The lowest BCUT2D eigenvalue weighted by Crippen LogP contribution is -2.53. The Balaban J connectivity index is 1.61. The predicted octanol–water partition coefficient (Wildman–Crippen LogP) is 3.57. The normalized spacial score (nSPS) is 24.4. The molecule has 1 N–H and O–H groups in total. The van der Waals surface area contributed by atoms with E-state index >= 15 is 0 Å². The first-order valence-corrected chi connectivity index (χ1v) is 15.1. The maximum absolute atomic E-state index is 14.3. The maximum Gasteiger partial charge on any atom is 0.415 e. The van der Waals surface area contributed by atoms with Gasteiger partial charge in [0.25, 0.3) is 0 Å². The number of amides is 1. The quantitative estimate of drug-likeness (QED) is 0.461. The molecule has 3 aliphatic rings. The second-order valence-corrected chi connectivity index (χ2v) is 12.5. The number of aliphatic hydroxyl groups excluding tert-OH is 1. The highest BCUT2D eigenvalue weighted by Gasteiger charge is 2.52. The molecule has 1 amide bonds. The van der Waals surface area contributed by atoms with Crippen molar-refractivity contribution in [1.82, 2.24) is 9.21 Å². The summed E-state index contributed by atoms with van der Waals surface area (Å²) in [5.41, 5.74) is 1.30. The third-order valence-corrected chi connectivity index (χ3v) is 9.27. The molecule has 5 rings (SSSR count). The number of rotatable bonds is 8. The molecule has 0 spiro atoms. The van der Waals surface area contributed by atoms with Gasteiger partial charge < -0.3 is 33.7 Å². The summed E-state index contributed by atoms with van der Waals surface area (Å²) >= 11 is 0. The minimum Gasteiger partial charge on any atom is -0.453 e. The molecule has 2 aromatic carbocycles. The minimum absolute atomic E-state index is 0.0622. The summed E-state index contributed by atoms with van der Waals surface area (Å²) in [6.07, 6.45) is -0.0129. The van der Waals surface area contributed by atoms with Gasteiger partial charge in [0.1, 0.15) is 18.3 Å². The molecule has 1 aliphatic carbocycles. The van der Waals surface area contributed by atoms with E-state index in [2.05, 4.69) is 0 Å². The van der Waals surface area contributed by atoms with Crippen molar-refractivity contribution in [2.45, 2.75) is 76.2 Å². The van der Waals surface area contributed by atoms with Gasteiger partial charge in [-0.2, -0.15) is 4.31 Å². The van der Waals surface area contributed by atoms with E-state index in [9.17, 15) is 18.3 Å². The van der Waals surface area contributed by atoms with Gasteiger partial charge in [-0.3, -0.25) is 0 Å². The molecule has 2 heterocycles. The standard InChI is InChI=1S/C29H36N2O9S/c1-6-30(7-2)28(33)38-24-19(10-15-23-27(24)37-17-36-23)16-31(41(34,35)20-11-8-18(3)9-12-20)21-13-14-22(32)26-25(21)39-29(4,5)40-26/h8-15,21-22,25-26,32H,6-7,16-17H2,1-5H3/t21-,22+,25+,26-/m1/s1. The number of hydrogen-bond acceptors (Lipinski definition) is 9. The Morgan fingerprint density at radius 1 is 1.02 bits per heavy atom. The zero-order valence-corrected chi connectivity index (χ0v) is 24.6. The van der Waals surface area contributed by atoms with Crippen LogP contribution in [0.2, 0.25) is 0 Å².